The summed E-state index contributed by atoms with van der Waals surface area (Å²) in [6.45, 7) is 3.98. The van der Waals surface area contributed by atoms with Crippen LogP contribution in [0.15, 0.2) is 91.0 Å². The Bertz CT molecular complexity index is 903. The first kappa shape index (κ1) is 18.6. The molecule has 0 unspecified atom stereocenters. The largest absolute Gasteiger partial charge is 0.322 e. The van der Waals surface area contributed by atoms with E-state index in [0.29, 0.717) is 17.7 Å². The second kappa shape index (κ2) is 8.00. The normalized spacial score (nSPS) is 11.0. The van der Waals surface area contributed by atoms with Crippen LogP contribution in [0, 0.1) is 0 Å². The predicted octanol–water partition coefficient (Wildman–Crippen LogP) is 4.99. The van der Waals surface area contributed by atoms with E-state index in [1.807, 2.05) is 80.6 Å². The number of amides is 1. The maximum atomic E-state index is 13.3. The van der Waals surface area contributed by atoms with Crippen molar-refractivity contribution in [1.82, 2.24) is 4.90 Å². The number of rotatable bonds is 6. The summed E-state index contributed by atoms with van der Waals surface area (Å²) < 4.78 is 0. The number of Topliss-reactive ketones (excluding diaryl/α,β-unsaturated/α-hetero) is 1. The summed E-state index contributed by atoms with van der Waals surface area (Å²) in [6, 6.07) is 28.0. The zero-order valence-corrected chi connectivity index (χ0v) is 15.6. The first-order valence-corrected chi connectivity index (χ1v) is 9.01. The lowest BCUT2D eigenvalue weighted by molar-refractivity contribution is 0.0455. The molecule has 0 bridgehead atoms. The van der Waals surface area contributed by atoms with Gasteiger partial charge in [-0.3, -0.25) is 9.59 Å². The average Bonchev–Trinajstić information content (AvgIpc) is 2.73. The van der Waals surface area contributed by atoms with E-state index in [1.54, 1.807) is 29.2 Å². The molecule has 27 heavy (non-hydrogen) atoms. The molecule has 0 saturated carbocycles. The quantitative estimate of drug-likeness (QED) is 0.583. The summed E-state index contributed by atoms with van der Waals surface area (Å²) in [5.74, 6) is -0.239. The van der Waals surface area contributed by atoms with Gasteiger partial charge in [0.1, 0.15) is 5.54 Å². The molecule has 0 aliphatic carbocycles. The lowest BCUT2D eigenvalue weighted by Crippen LogP contribution is -2.52. The maximum absolute atomic E-state index is 13.3. The van der Waals surface area contributed by atoms with Crippen LogP contribution in [0.5, 0.6) is 0 Å². The SMILES string of the molecule is CC(C)(C(=O)c1ccccc1)N(Cc1ccccc1)C(=O)c1ccccc1. The van der Waals surface area contributed by atoms with Crippen molar-refractivity contribution < 1.29 is 9.59 Å². The molecule has 0 fully saturated rings. The first-order valence-electron chi connectivity index (χ1n) is 9.01. The van der Waals surface area contributed by atoms with E-state index in [2.05, 4.69) is 0 Å². The Balaban J connectivity index is 2.00. The van der Waals surface area contributed by atoms with E-state index >= 15 is 0 Å². The molecular formula is C24H23NO2. The van der Waals surface area contributed by atoms with E-state index in [-0.39, 0.29) is 11.7 Å². The molecule has 3 nitrogen and oxygen atoms in total. The van der Waals surface area contributed by atoms with E-state index < -0.39 is 5.54 Å². The smallest absolute Gasteiger partial charge is 0.254 e. The molecule has 0 aliphatic heterocycles. The molecule has 136 valence electrons. The van der Waals surface area contributed by atoms with Gasteiger partial charge in [0.15, 0.2) is 5.78 Å². The Morgan fingerprint density at radius 2 is 1.15 bits per heavy atom. The van der Waals surface area contributed by atoms with Crippen molar-refractivity contribution in [2.45, 2.75) is 25.9 Å². The summed E-state index contributed by atoms with van der Waals surface area (Å²) in [4.78, 5) is 28.2. The van der Waals surface area contributed by atoms with Crippen molar-refractivity contribution in [3.8, 4) is 0 Å². The number of nitrogens with zero attached hydrogens (tertiary/aromatic N) is 1. The molecule has 0 aromatic heterocycles. The molecule has 0 heterocycles. The van der Waals surface area contributed by atoms with Crippen LogP contribution in [0.3, 0.4) is 0 Å². The highest BCUT2D eigenvalue weighted by Gasteiger charge is 2.38. The van der Waals surface area contributed by atoms with E-state index in [4.69, 9.17) is 0 Å². The topological polar surface area (TPSA) is 37.4 Å². The summed E-state index contributed by atoms with van der Waals surface area (Å²) in [7, 11) is 0. The summed E-state index contributed by atoms with van der Waals surface area (Å²) in [5, 5.41) is 0. The van der Waals surface area contributed by atoms with Crippen molar-refractivity contribution in [2.75, 3.05) is 0 Å². The minimum absolute atomic E-state index is 0.0803. The number of carbonyl (C=O) groups is 2. The number of ketones is 1. The third-order valence-corrected chi connectivity index (χ3v) is 4.72. The highest BCUT2D eigenvalue weighted by Crippen LogP contribution is 2.25. The van der Waals surface area contributed by atoms with Crippen LogP contribution in [0.4, 0.5) is 0 Å². The maximum Gasteiger partial charge on any atom is 0.254 e. The third-order valence-electron chi connectivity index (χ3n) is 4.72. The van der Waals surface area contributed by atoms with Crippen molar-refractivity contribution >= 4 is 11.7 Å². The molecule has 0 aliphatic rings. The van der Waals surface area contributed by atoms with Crippen LogP contribution in [-0.4, -0.2) is 22.1 Å². The van der Waals surface area contributed by atoms with Gasteiger partial charge in [-0.05, 0) is 31.5 Å². The molecule has 3 aromatic carbocycles. The fourth-order valence-electron chi connectivity index (χ4n) is 3.09. The van der Waals surface area contributed by atoms with E-state index in [9.17, 15) is 9.59 Å². The predicted molar refractivity (Wildman–Crippen MR) is 108 cm³/mol. The number of benzene rings is 3. The van der Waals surface area contributed by atoms with E-state index in [0.717, 1.165) is 5.56 Å². The van der Waals surface area contributed by atoms with Crippen LogP contribution >= 0.6 is 0 Å². The third kappa shape index (κ3) is 4.14. The molecule has 0 atom stereocenters. The zero-order valence-electron chi connectivity index (χ0n) is 15.6. The van der Waals surface area contributed by atoms with Crippen molar-refractivity contribution in [3.63, 3.8) is 0 Å². The molecular weight excluding hydrogens is 334 g/mol. The van der Waals surface area contributed by atoms with Gasteiger partial charge in [0.25, 0.3) is 5.91 Å². The Morgan fingerprint density at radius 1 is 0.704 bits per heavy atom. The molecule has 3 heteroatoms. The Hall–Kier alpha value is -3.20. The standard InChI is InChI=1S/C24H23NO2/c1-24(2,22(26)20-14-8-4-9-15-20)25(18-19-12-6-3-7-13-19)23(27)21-16-10-5-11-17-21/h3-17H,18H2,1-2H3. The molecule has 0 spiro atoms. The van der Waals surface area contributed by atoms with Crippen LogP contribution < -0.4 is 0 Å². The van der Waals surface area contributed by atoms with Gasteiger partial charge in [0, 0.05) is 17.7 Å². The summed E-state index contributed by atoms with van der Waals surface area (Å²) in [5.41, 5.74) is 1.16. The second-order valence-electron chi connectivity index (χ2n) is 7.00. The fourth-order valence-corrected chi connectivity index (χ4v) is 3.09. The Kier molecular flexibility index (Phi) is 5.51. The van der Waals surface area contributed by atoms with Crippen molar-refractivity contribution in [1.29, 1.82) is 0 Å². The minimum Gasteiger partial charge on any atom is -0.322 e. The van der Waals surface area contributed by atoms with Crippen LogP contribution in [0.1, 0.15) is 40.1 Å². The van der Waals surface area contributed by atoms with Crippen LogP contribution in [-0.2, 0) is 6.54 Å². The molecule has 0 radical (unpaired) electrons. The van der Waals surface area contributed by atoms with Crippen LogP contribution in [0.2, 0.25) is 0 Å². The van der Waals surface area contributed by atoms with Gasteiger partial charge >= 0.3 is 0 Å². The van der Waals surface area contributed by atoms with Crippen molar-refractivity contribution in [3.05, 3.63) is 108 Å². The van der Waals surface area contributed by atoms with Gasteiger partial charge < -0.3 is 4.90 Å². The number of carbonyl (C=O) groups excluding carboxylic acids is 2. The molecule has 0 N–H and O–H groups in total. The summed E-state index contributed by atoms with van der Waals surface area (Å²) >= 11 is 0. The lowest BCUT2D eigenvalue weighted by Gasteiger charge is -2.37. The van der Waals surface area contributed by atoms with E-state index in [1.165, 1.54) is 0 Å². The van der Waals surface area contributed by atoms with Crippen LogP contribution in [0.25, 0.3) is 0 Å². The Morgan fingerprint density at radius 3 is 1.67 bits per heavy atom. The molecule has 1 amide bonds. The fraction of sp³-hybridized carbons (Fsp3) is 0.167. The number of hydrogen-bond acceptors (Lipinski definition) is 2. The minimum atomic E-state index is -0.996. The van der Waals surface area contributed by atoms with Gasteiger partial charge in [-0.25, -0.2) is 0 Å². The molecule has 0 saturated heterocycles. The monoisotopic (exact) mass is 357 g/mol. The van der Waals surface area contributed by atoms with Gasteiger partial charge in [-0.1, -0.05) is 78.9 Å². The lowest BCUT2D eigenvalue weighted by atomic mass is 9.90. The Labute approximate surface area is 160 Å². The first-order chi connectivity index (χ1) is 13.0. The highest BCUT2D eigenvalue weighted by molar-refractivity contribution is 6.06. The highest BCUT2D eigenvalue weighted by atomic mass is 16.2. The molecule has 3 aromatic rings. The van der Waals surface area contributed by atoms with Gasteiger partial charge in [-0.2, -0.15) is 0 Å². The summed E-state index contributed by atoms with van der Waals surface area (Å²) in [6.07, 6.45) is 0. The average molecular weight is 357 g/mol. The molecule has 3 rings (SSSR count). The van der Waals surface area contributed by atoms with Gasteiger partial charge in [0.2, 0.25) is 0 Å². The van der Waals surface area contributed by atoms with Gasteiger partial charge in [-0.15, -0.1) is 0 Å². The van der Waals surface area contributed by atoms with Crippen molar-refractivity contribution in [2.24, 2.45) is 0 Å². The van der Waals surface area contributed by atoms with Gasteiger partial charge in [0.05, 0.1) is 0 Å². The zero-order chi connectivity index (χ0) is 19.3. The second-order valence-corrected chi connectivity index (χ2v) is 7.00. The number of hydrogen-bond donors (Lipinski definition) is 0.